The number of imide groups is 3. The van der Waals surface area contributed by atoms with Crippen LogP contribution in [-0.4, -0.2) is 73.1 Å². The van der Waals surface area contributed by atoms with Crippen molar-refractivity contribution in [2.75, 3.05) is 36.0 Å². The number of rotatable bonds is 5. The van der Waals surface area contributed by atoms with Gasteiger partial charge in [-0.15, -0.1) is 0 Å². The number of hydrogen-bond donors (Lipinski definition) is 1. The second-order valence-electron chi connectivity index (χ2n) is 9.26. The monoisotopic (exact) mass is 502 g/mol. The van der Waals surface area contributed by atoms with Gasteiger partial charge in [-0.1, -0.05) is 0 Å². The third kappa shape index (κ3) is 4.25. The molecule has 3 saturated heterocycles. The van der Waals surface area contributed by atoms with Crippen molar-refractivity contribution in [3.05, 3.63) is 24.0 Å². The van der Waals surface area contributed by atoms with Gasteiger partial charge in [0.15, 0.2) is 0 Å². The van der Waals surface area contributed by atoms with Crippen LogP contribution in [-0.2, 0) is 28.7 Å². The molecule has 12 nitrogen and oxygen atoms in total. The molecule has 36 heavy (non-hydrogen) atoms. The molecule has 5 rings (SSSR count). The van der Waals surface area contributed by atoms with Crippen molar-refractivity contribution in [2.45, 2.75) is 25.9 Å². The van der Waals surface area contributed by atoms with Gasteiger partial charge in [0.2, 0.25) is 17.7 Å². The number of anilines is 2. The van der Waals surface area contributed by atoms with E-state index in [0.29, 0.717) is 29.4 Å². The van der Waals surface area contributed by atoms with Crippen LogP contribution in [0.15, 0.2) is 18.2 Å². The fourth-order valence-corrected chi connectivity index (χ4v) is 5.07. The van der Waals surface area contributed by atoms with Crippen molar-refractivity contribution in [1.82, 2.24) is 10.2 Å². The summed E-state index contributed by atoms with van der Waals surface area (Å²) < 4.78 is 24.9. The Bertz CT molecular complexity index is 1160. The summed E-state index contributed by atoms with van der Waals surface area (Å²) in [5, 5.41) is 2.58. The first-order chi connectivity index (χ1) is 17.1. The van der Waals surface area contributed by atoms with E-state index < -0.39 is 47.8 Å². The van der Waals surface area contributed by atoms with E-state index in [0.717, 1.165) is 0 Å². The highest BCUT2D eigenvalue weighted by Gasteiger charge is 2.61. The second-order valence-corrected chi connectivity index (χ2v) is 9.26. The number of piperidine rings is 1. The Morgan fingerprint density at radius 3 is 2.36 bits per heavy atom. The molecule has 3 atom stereocenters. The summed E-state index contributed by atoms with van der Waals surface area (Å²) in [6.07, 6.45) is -2.62. The predicted octanol–water partition coefficient (Wildman–Crippen LogP) is 0.781. The zero-order chi connectivity index (χ0) is 25.7. The van der Waals surface area contributed by atoms with Gasteiger partial charge in [-0.25, -0.2) is 14.0 Å². The lowest BCUT2D eigenvalue weighted by molar-refractivity contribution is -0.143. The summed E-state index contributed by atoms with van der Waals surface area (Å²) in [7, 11) is 0. The van der Waals surface area contributed by atoms with E-state index in [1.54, 1.807) is 17.0 Å². The molecule has 1 aromatic carbocycles. The molecule has 13 heteroatoms. The number of amides is 5. The Morgan fingerprint density at radius 2 is 1.75 bits per heavy atom. The number of hydrogen-bond acceptors (Lipinski definition) is 9. The molecule has 5 amide bonds. The third-order valence-corrected chi connectivity index (χ3v) is 6.92. The average Bonchev–Trinajstić information content (AvgIpc) is 3.11. The number of nitrogens with one attached hydrogen (secondary N) is 1. The van der Waals surface area contributed by atoms with Crippen LogP contribution in [0.2, 0.25) is 0 Å². The minimum absolute atomic E-state index is 0.0906. The highest BCUT2D eigenvalue weighted by atomic mass is 19.1. The van der Waals surface area contributed by atoms with Gasteiger partial charge in [-0.3, -0.25) is 24.1 Å². The van der Waals surface area contributed by atoms with E-state index in [1.807, 2.05) is 0 Å². The van der Waals surface area contributed by atoms with Crippen molar-refractivity contribution in [1.29, 1.82) is 0 Å². The Kier molecular flexibility index (Phi) is 5.85. The number of ether oxygens (including phenoxy) is 2. The first kappa shape index (κ1) is 23.7. The first-order valence-corrected chi connectivity index (χ1v) is 11.5. The maximum atomic E-state index is 15.0. The molecule has 1 saturated carbocycles. The molecule has 4 aliphatic rings. The molecule has 3 aliphatic heterocycles. The number of carbonyl (C=O) groups is 6. The van der Waals surface area contributed by atoms with Crippen molar-refractivity contribution in [3.63, 3.8) is 0 Å². The standard InChI is InChI=1S/C23H23FN4O8/c1-11(29)25-7-13-8-27(22(33)35-13)12-2-3-17(16(24)6-12)26-9-14-15(10-26)20(14)21(32)36-23(34)28-18(30)4-5-19(28)31/h2-3,6,13-15,20H,4-5,7-10H2,1H3,(H,25,29)/t13-,14?,15?,20?/m0/s1. The number of likely N-dealkylation sites (tertiary alicyclic amines) is 1. The highest BCUT2D eigenvalue weighted by molar-refractivity contribution is 6.14. The van der Waals surface area contributed by atoms with Gasteiger partial charge in [0.1, 0.15) is 11.9 Å². The molecule has 0 radical (unpaired) electrons. The molecule has 0 bridgehead atoms. The van der Waals surface area contributed by atoms with Gasteiger partial charge in [0.05, 0.1) is 30.4 Å². The number of fused-ring (bicyclic) bond motifs is 1. The molecule has 1 aromatic rings. The summed E-state index contributed by atoms with van der Waals surface area (Å²) in [4.78, 5) is 74.3. The summed E-state index contributed by atoms with van der Waals surface area (Å²) in [6.45, 7) is 2.41. The SMILES string of the molecule is CC(=O)NC[C@H]1CN(c2ccc(N3CC4C(C3)C4C(=O)OC(=O)N3C(=O)CCC3=O)c(F)c2)C(=O)O1. The lowest BCUT2D eigenvalue weighted by Gasteiger charge is -2.23. The van der Waals surface area contributed by atoms with Gasteiger partial charge in [0.25, 0.3) is 0 Å². The molecule has 3 heterocycles. The largest absolute Gasteiger partial charge is 0.442 e. The van der Waals surface area contributed by atoms with Crippen LogP contribution in [0.3, 0.4) is 0 Å². The lowest BCUT2D eigenvalue weighted by Crippen LogP contribution is -2.38. The van der Waals surface area contributed by atoms with E-state index >= 15 is 0 Å². The number of nitrogens with zero attached hydrogens (tertiary/aromatic N) is 3. The quantitative estimate of drug-likeness (QED) is 0.351. The van der Waals surface area contributed by atoms with Crippen LogP contribution in [0.1, 0.15) is 19.8 Å². The summed E-state index contributed by atoms with van der Waals surface area (Å²) in [5.74, 6) is -3.81. The molecule has 4 fully saturated rings. The molecule has 0 spiro atoms. The Morgan fingerprint density at radius 1 is 1.08 bits per heavy atom. The smallest absolute Gasteiger partial charge is 0.431 e. The minimum atomic E-state index is -1.27. The van der Waals surface area contributed by atoms with Crippen LogP contribution in [0, 0.1) is 23.6 Å². The molecule has 2 unspecified atom stereocenters. The second kappa shape index (κ2) is 8.88. The Labute approximate surface area is 204 Å². The molecule has 1 N–H and O–H groups in total. The Hall–Kier alpha value is -4.03. The summed E-state index contributed by atoms with van der Waals surface area (Å²) in [5.41, 5.74) is 0.631. The molecular weight excluding hydrogens is 479 g/mol. The van der Waals surface area contributed by atoms with Crippen LogP contribution >= 0.6 is 0 Å². The Balaban J connectivity index is 1.16. The maximum absolute atomic E-state index is 15.0. The van der Waals surface area contributed by atoms with Crippen LogP contribution in [0.4, 0.5) is 25.4 Å². The fourth-order valence-electron chi connectivity index (χ4n) is 5.07. The zero-order valence-electron chi connectivity index (χ0n) is 19.3. The number of carbonyl (C=O) groups excluding carboxylic acids is 6. The number of esters is 1. The topological polar surface area (TPSA) is 143 Å². The number of benzene rings is 1. The van der Waals surface area contributed by atoms with Gasteiger partial charge in [-0.2, -0.15) is 4.90 Å². The van der Waals surface area contributed by atoms with Gasteiger partial charge in [-0.05, 0) is 30.0 Å². The minimum Gasteiger partial charge on any atom is -0.442 e. The first-order valence-electron chi connectivity index (χ1n) is 11.5. The zero-order valence-corrected chi connectivity index (χ0v) is 19.3. The molecule has 1 aliphatic carbocycles. The van der Waals surface area contributed by atoms with Crippen LogP contribution < -0.4 is 15.1 Å². The van der Waals surface area contributed by atoms with Gasteiger partial charge < -0.3 is 19.7 Å². The van der Waals surface area contributed by atoms with E-state index in [-0.39, 0.29) is 43.7 Å². The van der Waals surface area contributed by atoms with Crippen molar-refractivity contribution in [2.24, 2.45) is 17.8 Å². The van der Waals surface area contributed by atoms with Crippen molar-refractivity contribution < 1.29 is 42.6 Å². The third-order valence-electron chi connectivity index (χ3n) is 6.92. The van der Waals surface area contributed by atoms with E-state index in [4.69, 9.17) is 9.47 Å². The fraction of sp³-hybridized carbons (Fsp3) is 0.478. The van der Waals surface area contributed by atoms with Crippen molar-refractivity contribution in [3.8, 4) is 0 Å². The van der Waals surface area contributed by atoms with E-state index in [9.17, 15) is 33.2 Å². The van der Waals surface area contributed by atoms with E-state index in [2.05, 4.69) is 5.32 Å². The predicted molar refractivity (Wildman–Crippen MR) is 118 cm³/mol. The summed E-state index contributed by atoms with van der Waals surface area (Å²) in [6, 6.07) is 4.37. The maximum Gasteiger partial charge on any atom is 0.431 e. The van der Waals surface area contributed by atoms with Gasteiger partial charge in [0, 0.05) is 32.9 Å². The number of halogens is 1. The van der Waals surface area contributed by atoms with E-state index in [1.165, 1.54) is 17.9 Å². The van der Waals surface area contributed by atoms with Crippen molar-refractivity contribution >= 4 is 47.3 Å². The lowest BCUT2D eigenvalue weighted by atomic mass is 10.2. The summed E-state index contributed by atoms with van der Waals surface area (Å²) >= 11 is 0. The highest BCUT2D eigenvalue weighted by Crippen LogP contribution is 2.53. The normalized spacial score (nSPS) is 26.7. The van der Waals surface area contributed by atoms with Crippen LogP contribution in [0.5, 0.6) is 0 Å². The average molecular weight is 502 g/mol. The molecule has 190 valence electrons. The molecular formula is C23H23FN4O8. The van der Waals surface area contributed by atoms with Gasteiger partial charge >= 0.3 is 18.2 Å². The van der Waals surface area contributed by atoms with Crippen LogP contribution in [0.25, 0.3) is 0 Å². The molecule has 0 aromatic heterocycles. The number of cyclic esters (lactones) is 1.